The molecule has 146 valence electrons. The molecule has 4 nitrogen and oxygen atoms in total. The lowest BCUT2D eigenvalue weighted by Crippen LogP contribution is -2.20. The normalized spacial score (nSPS) is 18.5. The maximum absolute atomic E-state index is 12.5. The number of halogens is 1. The summed E-state index contributed by atoms with van der Waals surface area (Å²) in [6.45, 7) is 0. The van der Waals surface area contributed by atoms with Crippen LogP contribution in [0.3, 0.4) is 0 Å². The van der Waals surface area contributed by atoms with E-state index in [0.29, 0.717) is 5.75 Å². The Balaban J connectivity index is 1.48. The molecular weight excluding hydrogens is 454 g/mol. The van der Waals surface area contributed by atoms with Crippen LogP contribution in [0.15, 0.2) is 56.2 Å². The summed E-state index contributed by atoms with van der Waals surface area (Å²) in [6, 6.07) is 11.8. The van der Waals surface area contributed by atoms with Gasteiger partial charge in [0.2, 0.25) is 5.91 Å². The zero-order chi connectivity index (χ0) is 19.4. The molecule has 7 heteroatoms. The predicted molar refractivity (Wildman–Crippen MR) is 124 cm³/mol. The van der Waals surface area contributed by atoms with Crippen molar-refractivity contribution in [3.8, 4) is 0 Å². The van der Waals surface area contributed by atoms with Gasteiger partial charge in [-0.05, 0) is 55.3 Å². The molecule has 28 heavy (non-hydrogen) atoms. The van der Waals surface area contributed by atoms with Crippen LogP contribution in [-0.4, -0.2) is 28.1 Å². The molecule has 1 N–H and O–H groups in total. The number of thiophene rings is 1. The maximum Gasteiger partial charge on any atom is 0.234 e. The highest BCUT2D eigenvalue weighted by Gasteiger charge is 2.37. The van der Waals surface area contributed by atoms with Gasteiger partial charge in [-0.1, -0.05) is 52.7 Å². The lowest BCUT2D eigenvalue weighted by Gasteiger charge is -2.20. The molecule has 1 aromatic heterocycles. The van der Waals surface area contributed by atoms with E-state index in [4.69, 9.17) is 9.98 Å². The third kappa shape index (κ3) is 4.75. The van der Waals surface area contributed by atoms with Crippen LogP contribution in [0.1, 0.15) is 43.4 Å². The van der Waals surface area contributed by atoms with E-state index in [9.17, 15) is 4.79 Å². The molecule has 0 bridgehead atoms. The SMILES string of the molecule is O=C(CSC1=NC2(CCCCCC2)N=C1c1cccs1)Nc1cccc(Br)c1. The molecule has 2 aromatic rings. The lowest BCUT2D eigenvalue weighted by atomic mass is 10.0. The van der Waals surface area contributed by atoms with Crippen LogP contribution in [0.2, 0.25) is 0 Å². The van der Waals surface area contributed by atoms with Crippen LogP contribution in [-0.2, 0) is 4.79 Å². The number of nitrogens with zero attached hydrogens (tertiary/aromatic N) is 2. The Labute approximate surface area is 182 Å². The smallest absolute Gasteiger partial charge is 0.234 e. The van der Waals surface area contributed by atoms with Gasteiger partial charge in [0.15, 0.2) is 5.66 Å². The van der Waals surface area contributed by atoms with E-state index < -0.39 is 0 Å². The summed E-state index contributed by atoms with van der Waals surface area (Å²) in [4.78, 5) is 23.8. The van der Waals surface area contributed by atoms with Crippen LogP contribution in [0.25, 0.3) is 0 Å². The van der Waals surface area contributed by atoms with Crippen molar-refractivity contribution < 1.29 is 4.79 Å². The van der Waals surface area contributed by atoms with E-state index in [1.807, 2.05) is 30.3 Å². The van der Waals surface area contributed by atoms with Gasteiger partial charge in [0.1, 0.15) is 10.8 Å². The molecule has 1 saturated carbocycles. The number of hydrogen-bond acceptors (Lipinski definition) is 5. The summed E-state index contributed by atoms with van der Waals surface area (Å²) in [5, 5.41) is 5.93. The van der Waals surface area contributed by atoms with E-state index >= 15 is 0 Å². The minimum atomic E-state index is -0.307. The van der Waals surface area contributed by atoms with Crippen LogP contribution in [0.5, 0.6) is 0 Å². The van der Waals surface area contributed by atoms with E-state index in [2.05, 4.69) is 32.7 Å². The first-order chi connectivity index (χ1) is 13.6. The molecule has 2 heterocycles. The average Bonchev–Trinajstić information content (AvgIpc) is 3.25. The Hall–Kier alpha value is -1.44. The number of thioether (sulfide) groups is 1. The number of carbonyl (C=O) groups excluding carboxylic acids is 1. The zero-order valence-electron chi connectivity index (χ0n) is 15.5. The molecule has 0 radical (unpaired) electrons. The van der Waals surface area contributed by atoms with Gasteiger partial charge in [0, 0.05) is 10.2 Å². The number of nitrogens with one attached hydrogen (secondary N) is 1. The summed E-state index contributed by atoms with van der Waals surface area (Å²) in [7, 11) is 0. The van der Waals surface area contributed by atoms with Crippen molar-refractivity contribution in [3.05, 3.63) is 51.1 Å². The predicted octanol–water partition coefficient (Wildman–Crippen LogP) is 6.13. The number of amides is 1. The van der Waals surface area contributed by atoms with Crippen molar-refractivity contribution in [3.63, 3.8) is 0 Å². The Kier molecular flexibility index (Phi) is 6.33. The van der Waals surface area contributed by atoms with Crippen molar-refractivity contribution in [2.45, 2.75) is 44.2 Å². The van der Waals surface area contributed by atoms with Crippen molar-refractivity contribution >= 4 is 61.4 Å². The minimum Gasteiger partial charge on any atom is -0.325 e. The van der Waals surface area contributed by atoms with Gasteiger partial charge >= 0.3 is 0 Å². The van der Waals surface area contributed by atoms with E-state index in [-0.39, 0.29) is 11.6 Å². The fraction of sp³-hybridized carbons (Fsp3) is 0.381. The molecule has 1 spiro atoms. The fourth-order valence-electron chi connectivity index (χ4n) is 3.61. The number of hydrogen-bond donors (Lipinski definition) is 1. The summed E-state index contributed by atoms with van der Waals surface area (Å²) < 4.78 is 0.945. The summed E-state index contributed by atoms with van der Waals surface area (Å²) in [5.74, 6) is 0.296. The molecule has 1 aliphatic heterocycles. The van der Waals surface area contributed by atoms with Gasteiger partial charge in [0.25, 0.3) is 0 Å². The van der Waals surface area contributed by atoms with Gasteiger partial charge in [-0.15, -0.1) is 11.3 Å². The highest BCUT2D eigenvalue weighted by molar-refractivity contribution is 9.10. The first kappa shape index (κ1) is 19.9. The Morgan fingerprint density at radius 1 is 1.14 bits per heavy atom. The highest BCUT2D eigenvalue weighted by Crippen LogP contribution is 2.38. The largest absolute Gasteiger partial charge is 0.325 e. The van der Waals surface area contributed by atoms with Gasteiger partial charge < -0.3 is 5.32 Å². The van der Waals surface area contributed by atoms with Crippen molar-refractivity contribution in [1.82, 2.24) is 0 Å². The Bertz CT molecular complexity index is 900. The molecule has 0 atom stereocenters. The highest BCUT2D eigenvalue weighted by atomic mass is 79.9. The van der Waals surface area contributed by atoms with Crippen LogP contribution >= 0.6 is 39.0 Å². The van der Waals surface area contributed by atoms with E-state index in [1.165, 1.54) is 37.4 Å². The molecule has 0 unspecified atom stereocenters. The molecule has 1 amide bonds. The first-order valence-corrected chi connectivity index (χ1v) is 12.2. The number of carbonyl (C=O) groups is 1. The van der Waals surface area contributed by atoms with Crippen molar-refractivity contribution in [1.29, 1.82) is 0 Å². The van der Waals surface area contributed by atoms with Crippen LogP contribution in [0.4, 0.5) is 5.69 Å². The minimum absolute atomic E-state index is 0.0295. The van der Waals surface area contributed by atoms with Gasteiger partial charge in [-0.25, -0.2) is 4.99 Å². The molecule has 4 rings (SSSR count). The zero-order valence-corrected chi connectivity index (χ0v) is 18.7. The number of benzene rings is 1. The summed E-state index contributed by atoms with van der Waals surface area (Å²) >= 11 is 6.61. The number of rotatable bonds is 4. The van der Waals surface area contributed by atoms with Gasteiger partial charge in [0.05, 0.1) is 10.6 Å². The quantitative estimate of drug-likeness (QED) is 0.577. The van der Waals surface area contributed by atoms with Gasteiger partial charge in [-0.3, -0.25) is 9.79 Å². The van der Waals surface area contributed by atoms with Crippen LogP contribution < -0.4 is 5.32 Å². The second-order valence-electron chi connectivity index (χ2n) is 7.10. The standard InChI is InChI=1S/C21H22BrN3OS2/c22-15-7-5-8-16(13-15)23-18(26)14-28-20-19(17-9-6-12-27-17)24-21(25-20)10-3-1-2-4-11-21/h5-9,12-13H,1-4,10-11,14H2,(H,23,26). The third-order valence-corrected chi connectivity index (χ3v) is 7.27. The second kappa shape index (κ2) is 8.93. The topological polar surface area (TPSA) is 53.8 Å². The van der Waals surface area contributed by atoms with Crippen molar-refractivity contribution in [2.24, 2.45) is 9.98 Å². The maximum atomic E-state index is 12.5. The molecule has 2 aliphatic rings. The molecule has 0 saturated heterocycles. The first-order valence-electron chi connectivity index (χ1n) is 9.56. The summed E-state index contributed by atoms with van der Waals surface area (Å²) in [6.07, 6.45) is 6.89. The number of anilines is 1. The van der Waals surface area contributed by atoms with Gasteiger partial charge in [-0.2, -0.15) is 0 Å². The van der Waals surface area contributed by atoms with E-state index in [0.717, 1.165) is 38.6 Å². The third-order valence-electron chi connectivity index (χ3n) is 4.94. The Morgan fingerprint density at radius 2 is 1.96 bits per heavy atom. The second-order valence-corrected chi connectivity index (χ2v) is 9.93. The summed E-state index contributed by atoms with van der Waals surface area (Å²) in [5.41, 5.74) is 1.46. The Morgan fingerprint density at radius 3 is 2.68 bits per heavy atom. The number of aliphatic imine (C=N–C) groups is 2. The van der Waals surface area contributed by atoms with E-state index in [1.54, 1.807) is 11.3 Å². The average molecular weight is 476 g/mol. The van der Waals surface area contributed by atoms with Crippen LogP contribution in [0, 0.1) is 0 Å². The molecule has 1 fully saturated rings. The molecule has 1 aliphatic carbocycles. The fourth-order valence-corrected chi connectivity index (χ4v) is 5.66. The van der Waals surface area contributed by atoms with Crippen molar-refractivity contribution in [2.75, 3.05) is 11.1 Å². The molecule has 1 aromatic carbocycles. The monoisotopic (exact) mass is 475 g/mol. The lowest BCUT2D eigenvalue weighted by molar-refractivity contribution is -0.113. The molecular formula is C21H22BrN3OS2.